The van der Waals surface area contributed by atoms with Gasteiger partial charge in [-0.1, -0.05) is 0 Å². The van der Waals surface area contributed by atoms with Crippen molar-refractivity contribution < 1.29 is 23.3 Å². The van der Waals surface area contributed by atoms with E-state index in [1.54, 1.807) is 11.8 Å². The van der Waals surface area contributed by atoms with Crippen LogP contribution >= 0.6 is 0 Å². The van der Waals surface area contributed by atoms with Crippen LogP contribution in [0.4, 0.5) is 0 Å². The van der Waals surface area contributed by atoms with Gasteiger partial charge in [0.05, 0.1) is 21.9 Å². The second-order valence-corrected chi connectivity index (χ2v) is 9.39. The largest absolute Gasteiger partial charge is 0.372 e. The van der Waals surface area contributed by atoms with Crippen LogP contribution in [0.2, 0.25) is 0 Å². The number of aromatic nitrogens is 2. The van der Waals surface area contributed by atoms with Gasteiger partial charge in [-0.15, -0.1) is 0 Å². The standard InChI is InChI=1S/C17H24N4O5S/c1-13(25-2)16(23)21-7-8-26-17(11-21)4-9-27(24,10-5-17)20-15(22)14-3-6-18-12-19-14/h3,6,12-13H,4-5,7-11H2,1-2H3/t13-,17?,27?/m1/s1. The van der Waals surface area contributed by atoms with Gasteiger partial charge < -0.3 is 14.4 Å². The SMILES string of the molecule is CO[C@H](C)C(=O)N1CCOC2(CCS(=O)(=NC(=O)c3ccncn3)CC2)C1. The van der Waals surface area contributed by atoms with Crippen molar-refractivity contribution >= 4 is 21.5 Å². The van der Waals surface area contributed by atoms with E-state index in [1.165, 1.54) is 25.7 Å². The van der Waals surface area contributed by atoms with Gasteiger partial charge in [-0.3, -0.25) is 9.59 Å². The van der Waals surface area contributed by atoms with Gasteiger partial charge in [0, 0.05) is 37.9 Å². The zero-order chi connectivity index (χ0) is 19.5. The molecular weight excluding hydrogens is 372 g/mol. The first-order chi connectivity index (χ1) is 12.9. The summed E-state index contributed by atoms with van der Waals surface area (Å²) in [7, 11) is -1.16. The molecule has 3 heterocycles. The fourth-order valence-corrected chi connectivity index (χ4v) is 5.48. The number of carbonyl (C=O) groups is 2. The lowest BCUT2D eigenvalue weighted by Gasteiger charge is -2.45. The van der Waals surface area contributed by atoms with Gasteiger partial charge in [-0.2, -0.15) is 4.36 Å². The zero-order valence-electron chi connectivity index (χ0n) is 15.5. The molecule has 10 heteroatoms. The first-order valence-electron chi connectivity index (χ1n) is 8.85. The molecule has 2 aliphatic rings. The quantitative estimate of drug-likeness (QED) is 0.732. The predicted molar refractivity (Wildman–Crippen MR) is 97.6 cm³/mol. The maximum Gasteiger partial charge on any atom is 0.303 e. The lowest BCUT2D eigenvalue weighted by Crippen LogP contribution is -2.58. The number of nitrogens with zero attached hydrogens (tertiary/aromatic N) is 4. The molecule has 0 bridgehead atoms. The smallest absolute Gasteiger partial charge is 0.303 e. The lowest BCUT2D eigenvalue weighted by atomic mass is 9.94. The van der Waals surface area contributed by atoms with Gasteiger partial charge >= 0.3 is 5.91 Å². The molecular formula is C17H24N4O5S. The number of amides is 2. The molecule has 1 spiro atoms. The second kappa shape index (κ2) is 7.99. The molecule has 9 nitrogen and oxygen atoms in total. The van der Waals surface area contributed by atoms with Crippen LogP contribution in [0.5, 0.6) is 0 Å². The fraction of sp³-hybridized carbons (Fsp3) is 0.647. The molecule has 1 aromatic heterocycles. The molecule has 148 valence electrons. The van der Waals surface area contributed by atoms with Gasteiger partial charge in [-0.25, -0.2) is 14.2 Å². The van der Waals surface area contributed by atoms with Crippen LogP contribution in [0, 0.1) is 0 Å². The summed E-state index contributed by atoms with van der Waals surface area (Å²) in [6, 6.07) is 1.45. The van der Waals surface area contributed by atoms with Crippen molar-refractivity contribution in [2.45, 2.75) is 31.5 Å². The highest BCUT2D eigenvalue weighted by atomic mass is 32.2. The van der Waals surface area contributed by atoms with Crippen molar-refractivity contribution in [3.8, 4) is 0 Å². The average Bonchev–Trinajstić information content (AvgIpc) is 2.70. The van der Waals surface area contributed by atoms with E-state index in [-0.39, 0.29) is 23.1 Å². The number of ether oxygens (including phenoxy) is 2. The van der Waals surface area contributed by atoms with Crippen molar-refractivity contribution in [1.82, 2.24) is 14.9 Å². The van der Waals surface area contributed by atoms with Crippen molar-refractivity contribution in [3.05, 3.63) is 24.3 Å². The van der Waals surface area contributed by atoms with E-state index in [9.17, 15) is 13.8 Å². The molecule has 2 fully saturated rings. The molecule has 0 radical (unpaired) electrons. The van der Waals surface area contributed by atoms with Gasteiger partial charge in [0.1, 0.15) is 18.1 Å². The second-order valence-electron chi connectivity index (χ2n) is 6.84. The van der Waals surface area contributed by atoms with Crippen molar-refractivity contribution in [2.24, 2.45) is 4.36 Å². The highest BCUT2D eigenvalue weighted by Crippen LogP contribution is 2.32. The molecule has 2 amide bonds. The van der Waals surface area contributed by atoms with E-state index < -0.39 is 27.3 Å². The van der Waals surface area contributed by atoms with Crippen LogP contribution in [0.1, 0.15) is 30.3 Å². The van der Waals surface area contributed by atoms with Crippen molar-refractivity contribution in [2.75, 3.05) is 38.3 Å². The van der Waals surface area contributed by atoms with E-state index >= 15 is 0 Å². The minimum atomic E-state index is -2.66. The Bertz CT molecular complexity index is 808. The molecule has 2 saturated heterocycles. The number of hydrogen-bond acceptors (Lipinski definition) is 7. The number of morpholine rings is 1. The van der Waals surface area contributed by atoms with E-state index in [1.807, 2.05) is 0 Å². The normalized spacial score (nSPS) is 29.3. The zero-order valence-corrected chi connectivity index (χ0v) is 16.3. The lowest BCUT2D eigenvalue weighted by molar-refractivity contribution is -0.160. The fourth-order valence-electron chi connectivity index (χ4n) is 3.32. The first-order valence-corrected chi connectivity index (χ1v) is 10.7. The summed E-state index contributed by atoms with van der Waals surface area (Å²) >= 11 is 0. The Labute approximate surface area is 158 Å². The van der Waals surface area contributed by atoms with Crippen LogP contribution in [-0.4, -0.2) is 80.9 Å². The van der Waals surface area contributed by atoms with Gasteiger partial charge in [0.2, 0.25) is 0 Å². The van der Waals surface area contributed by atoms with Gasteiger partial charge in [0.25, 0.3) is 5.91 Å². The highest BCUT2D eigenvalue weighted by Gasteiger charge is 2.43. The molecule has 2 aliphatic heterocycles. The number of hydrogen-bond donors (Lipinski definition) is 0. The third kappa shape index (κ3) is 4.50. The summed E-state index contributed by atoms with van der Waals surface area (Å²) in [6.45, 7) is 3.10. The monoisotopic (exact) mass is 396 g/mol. The molecule has 0 saturated carbocycles. The summed E-state index contributed by atoms with van der Waals surface area (Å²) in [4.78, 5) is 34.0. The molecule has 0 aliphatic carbocycles. The Kier molecular flexibility index (Phi) is 5.87. The summed E-state index contributed by atoms with van der Waals surface area (Å²) < 4.78 is 28.0. The molecule has 3 rings (SSSR count). The Balaban J connectivity index is 1.68. The minimum Gasteiger partial charge on any atom is -0.372 e. The number of rotatable bonds is 3. The third-order valence-corrected chi connectivity index (χ3v) is 7.25. The Hall–Kier alpha value is -1.91. The van der Waals surface area contributed by atoms with E-state index in [2.05, 4.69) is 14.3 Å². The highest BCUT2D eigenvalue weighted by molar-refractivity contribution is 7.93. The molecule has 1 aromatic rings. The predicted octanol–water partition coefficient (Wildman–Crippen LogP) is 0.511. The Morgan fingerprint density at radius 1 is 1.41 bits per heavy atom. The topological polar surface area (TPSA) is 111 Å². The van der Waals surface area contributed by atoms with E-state index in [0.717, 1.165) is 0 Å². The first kappa shape index (κ1) is 19.8. The Morgan fingerprint density at radius 2 is 2.15 bits per heavy atom. The minimum absolute atomic E-state index is 0.0740. The van der Waals surface area contributed by atoms with E-state index in [0.29, 0.717) is 32.5 Å². The van der Waals surface area contributed by atoms with Crippen LogP contribution in [0.3, 0.4) is 0 Å². The molecule has 0 aromatic carbocycles. The molecule has 1 atom stereocenters. The van der Waals surface area contributed by atoms with Gasteiger partial charge in [-0.05, 0) is 25.8 Å². The molecule has 0 unspecified atom stereocenters. The van der Waals surface area contributed by atoms with E-state index in [4.69, 9.17) is 9.47 Å². The van der Waals surface area contributed by atoms with Crippen molar-refractivity contribution in [1.29, 1.82) is 0 Å². The third-order valence-electron chi connectivity index (χ3n) is 5.07. The molecule has 0 N–H and O–H groups in total. The number of methoxy groups -OCH3 is 1. The Morgan fingerprint density at radius 3 is 2.78 bits per heavy atom. The summed E-state index contributed by atoms with van der Waals surface area (Å²) in [5.41, 5.74) is -0.400. The summed E-state index contributed by atoms with van der Waals surface area (Å²) in [5, 5.41) is 0. The molecule has 27 heavy (non-hydrogen) atoms. The number of carbonyl (C=O) groups excluding carboxylic acids is 2. The van der Waals surface area contributed by atoms with Crippen LogP contribution in [0.25, 0.3) is 0 Å². The van der Waals surface area contributed by atoms with Crippen molar-refractivity contribution in [3.63, 3.8) is 0 Å². The summed E-state index contributed by atoms with van der Waals surface area (Å²) in [5.74, 6) is -0.152. The van der Waals surface area contributed by atoms with Crippen LogP contribution in [0.15, 0.2) is 23.0 Å². The average molecular weight is 396 g/mol. The maximum atomic E-state index is 13.0. The maximum absolute atomic E-state index is 13.0. The van der Waals surface area contributed by atoms with Crippen LogP contribution < -0.4 is 0 Å². The van der Waals surface area contributed by atoms with Crippen LogP contribution in [-0.2, 0) is 24.0 Å². The summed E-state index contributed by atoms with van der Waals surface area (Å²) in [6.07, 6.45) is 3.16. The van der Waals surface area contributed by atoms with Gasteiger partial charge in [0.15, 0.2) is 0 Å².